The normalized spacial score (nSPS) is 15.5. The highest BCUT2D eigenvalue weighted by atomic mass is 32.2. The molecule has 0 saturated carbocycles. The van der Waals surface area contributed by atoms with Crippen LogP contribution in [0.25, 0.3) is 0 Å². The number of hydrogen-bond donors (Lipinski definition) is 1. The topological polar surface area (TPSA) is 12.0 Å². The Labute approximate surface area is 104 Å². The third-order valence-electron chi connectivity index (χ3n) is 2.09. The summed E-state index contributed by atoms with van der Waals surface area (Å²) < 4.78 is 17.1. The summed E-state index contributed by atoms with van der Waals surface area (Å²) in [6.45, 7) is 13.9. The third-order valence-corrected chi connectivity index (χ3v) is 3.31. The number of allylic oxidation sites excluding steroid dienone is 2. The van der Waals surface area contributed by atoms with E-state index < -0.39 is 0 Å². The van der Waals surface area contributed by atoms with Crippen molar-refractivity contribution in [2.75, 3.05) is 0 Å². The highest BCUT2D eigenvalue weighted by Gasteiger charge is 2.27. The Hall–Kier alpha value is -0.280. The lowest BCUT2D eigenvalue weighted by Gasteiger charge is -2.31. The Kier molecular flexibility index (Phi) is 5.77. The van der Waals surface area contributed by atoms with Crippen molar-refractivity contribution in [3.05, 3.63) is 23.6 Å². The van der Waals surface area contributed by atoms with Gasteiger partial charge in [-0.25, -0.2) is 4.39 Å². The minimum Gasteiger partial charge on any atom is -0.254 e. The van der Waals surface area contributed by atoms with Gasteiger partial charge in [-0.3, -0.25) is 4.72 Å². The van der Waals surface area contributed by atoms with Gasteiger partial charge in [-0.05, 0) is 48.5 Å². The summed E-state index contributed by atoms with van der Waals surface area (Å²) in [6.07, 6.45) is 3.33. The summed E-state index contributed by atoms with van der Waals surface area (Å²) in [5.74, 6) is -0.158. The van der Waals surface area contributed by atoms with Crippen LogP contribution in [-0.4, -0.2) is 10.3 Å². The van der Waals surface area contributed by atoms with E-state index in [1.54, 1.807) is 18.9 Å². The van der Waals surface area contributed by atoms with Gasteiger partial charge >= 0.3 is 0 Å². The molecule has 0 amide bonds. The van der Waals surface area contributed by atoms with Gasteiger partial charge in [0.25, 0.3) is 0 Å². The molecule has 1 N–H and O–H groups in total. The van der Waals surface area contributed by atoms with Crippen LogP contribution in [0.2, 0.25) is 0 Å². The minimum atomic E-state index is -0.372. The van der Waals surface area contributed by atoms with Crippen molar-refractivity contribution < 1.29 is 4.39 Å². The second-order valence-electron chi connectivity index (χ2n) is 5.28. The Morgan fingerprint density at radius 2 is 1.56 bits per heavy atom. The molecule has 94 valence electrons. The summed E-state index contributed by atoms with van der Waals surface area (Å²) >= 11 is 1.63. The van der Waals surface area contributed by atoms with Crippen LogP contribution >= 0.6 is 11.9 Å². The lowest BCUT2D eigenvalue weighted by atomic mass is 9.94. The van der Waals surface area contributed by atoms with Crippen molar-refractivity contribution in [3.63, 3.8) is 0 Å². The average molecular weight is 245 g/mol. The molecule has 3 heteroatoms. The molecule has 0 aromatic rings. The standard InChI is InChI=1S/C13H24FNS/c1-8-10(11(14)9-2)13(6,7)15-16-12(3,4)5/h8-9,15H,1-7H3/b10-8+,11-9+. The van der Waals surface area contributed by atoms with Crippen LogP contribution in [0.5, 0.6) is 0 Å². The molecular formula is C13H24FNS. The van der Waals surface area contributed by atoms with Crippen molar-refractivity contribution in [1.29, 1.82) is 0 Å². The van der Waals surface area contributed by atoms with E-state index in [2.05, 4.69) is 25.5 Å². The number of nitrogens with one attached hydrogen (secondary N) is 1. The van der Waals surface area contributed by atoms with Gasteiger partial charge in [0.15, 0.2) is 0 Å². The highest BCUT2D eigenvalue weighted by Crippen LogP contribution is 2.30. The number of hydrogen-bond acceptors (Lipinski definition) is 2. The fourth-order valence-electron chi connectivity index (χ4n) is 1.29. The van der Waals surface area contributed by atoms with E-state index in [9.17, 15) is 4.39 Å². The molecule has 1 nitrogen and oxygen atoms in total. The molecule has 0 saturated heterocycles. The molecule has 0 rings (SSSR count). The van der Waals surface area contributed by atoms with Crippen molar-refractivity contribution in [2.45, 2.75) is 58.8 Å². The first kappa shape index (κ1) is 15.7. The Bertz CT molecular complexity index is 285. The molecule has 0 radical (unpaired) electrons. The smallest absolute Gasteiger partial charge is 0.123 e. The summed E-state index contributed by atoms with van der Waals surface area (Å²) in [5.41, 5.74) is 0.329. The monoisotopic (exact) mass is 245 g/mol. The molecule has 0 heterocycles. The van der Waals surface area contributed by atoms with E-state index in [4.69, 9.17) is 0 Å². The summed E-state index contributed by atoms with van der Waals surface area (Å²) in [7, 11) is 0. The molecule has 0 unspecified atom stereocenters. The first-order valence-corrected chi connectivity index (χ1v) is 6.40. The van der Waals surface area contributed by atoms with E-state index in [1.165, 1.54) is 6.08 Å². The fourth-order valence-corrected chi connectivity index (χ4v) is 1.96. The van der Waals surface area contributed by atoms with E-state index >= 15 is 0 Å². The van der Waals surface area contributed by atoms with E-state index in [1.807, 2.05) is 26.8 Å². The summed E-state index contributed by atoms with van der Waals surface area (Å²) in [6, 6.07) is 0. The first-order chi connectivity index (χ1) is 7.14. The maximum Gasteiger partial charge on any atom is 0.123 e. The van der Waals surface area contributed by atoms with Crippen LogP contribution in [0.1, 0.15) is 48.5 Å². The number of halogens is 1. The van der Waals surface area contributed by atoms with Crippen molar-refractivity contribution >= 4 is 11.9 Å². The highest BCUT2D eigenvalue weighted by molar-refractivity contribution is 7.98. The maximum atomic E-state index is 13.7. The fraction of sp³-hybridized carbons (Fsp3) is 0.692. The largest absolute Gasteiger partial charge is 0.254 e. The number of rotatable bonds is 4. The first-order valence-electron chi connectivity index (χ1n) is 5.58. The van der Waals surface area contributed by atoms with Gasteiger partial charge in [0, 0.05) is 10.3 Å². The molecule has 0 aliphatic rings. The molecule has 0 aliphatic heterocycles. The molecular weight excluding hydrogens is 221 g/mol. The zero-order chi connectivity index (χ0) is 13.0. The predicted octanol–water partition coefficient (Wildman–Crippen LogP) is 4.62. The van der Waals surface area contributed by atoms with Gasteiger partial charge in [0.1, 0.15) is 5.83 Å². The van der Waals surface area contributed by atoms with E-state index in [0.717, 1.165) is 0 Å². The van der Waals surface area contributed by atoms with Crippen LogP contribution in [-0.2, 0) is 0 Å². The Balaban J connectivity index is 4.77. The van der Waals surface area contributed by atoms with Crippen LogP contribution < -0.4 is 4.72 Å². The zero-order valence-electron chi connectivity index (χ0n) is 11.4. The van der Waals surface area contributed by atoms with Gasteiger partial charge in [-0.1, -0.05) is 24.1 Å². The predicted molar refractivity (Wildman–Crippen MR) is 73.2 cm³/mol. The molecule has 0 bridgehead atoms. The van der Waals surface area contributed by atoms with Gasteiger partial charge in [-0.2, -0.15) is 0 Å². The Morgan fingerprint density at radius 3 is 1.88 bits per heavy atom. The van der Waals surface area contributed by atoms with E-state index in [0.29, 0.717) is 5.57 Å². The van der Waals surface area contributed by atoms with Crippen molar-refractivity contribution in [3.8, 4) is 0 Å². The molecule has 0 fully saturated rings. The van der Waals surface area contributed by atoms with Crippen LogP contribution in [0.4, 0.5) is 4.39 Å². The van der Waals surface area contributed by atoms with Crippen LogP contribution in [0, 0.1) is 0 Å². The van der Waals surface area contributed by atoms with Crippen molar-refractivity contribution in [1.82, 2.24) is 4.72 Å². The van der Waals surface area contributed by atoms with Crippen LogP contribution in [0.3, 0.4) is 0 Å². The summed E-state index contributed by atoms with van der Waals surface area (Å²) in [5, 5.41) is 0. The Morgan fingerprint density at radius 1 is 1.06 bits per heavy atom. The second kappa shape index (κ2) is 5.87. The zero-order valence-corrected chi connectivity index (χ0v) is 12.3. The van der Waals surface area contributed by atoms with E-state index in [-0.39, 0.29) is 16.1 Å². The SMILES string of the molecule is C/C=C(\C(F)=C/C)C(C)(C)NSC(C)(C)C. The molecule has 0 aromatic carbocycles. The lowest BCUT2D eigenvalue weighted by Crippen LogP contribution is -2.39. The van der Waals surface area contributed by atoms with Crippen LogP contribution in [0.15, 0.2) is 23.6 Å². The lowest BCUT2D eigenvalue weighted by molar-refractivity contribution is 0.519. The second-order valence-corrected chi connectivity index (χ2v) is 6.91. The van der Waals surface area contributed by atoms with Gasteiger partial charge < -0.3 is 0 Å². The molecule has 0 spiro atoms. The van der Waals surface area contributed by atoms with Gasteiger partial charge in [0.2, 0.25) is 0 Å². The van der Waals surface area contributed by atoms with Gasteiger partial charge in [-0.15, -0.1) is 0 Å². The molecule has 16 heavy (non-hydrogen) atoms. The molecule has 0 aliphatic carbocycles. The average Bonchev–Trinajstić information content (AvgIpc) is 2.14. The van der Waals surface area contributed by atoms with Crippen molar-refractivity contribution in [2.24, 2.45) is 0 Å². The molecule has 0 atom stereocenters. The quantitative estimate of drug-likeness (QED) is 0.573. The summed E-state index contributed by atoms with van der Waals surface area (Å²) in [4.78, 5) is 0. The van der Waals surface area contributed by atoms with Gasteiger partial charge in [0.05, 0.1) is 5.54 Å². The third kappa shape index (κ3) is 5.17. The minimum absolute atomic E-state index is 0.114. The maximum absolute atomic E-state index is 13.7. The molecule has 0 aromatic heterocycles.